The zero-order chi connectivity index (χ0) is 19.6. The van der Waals surface area contributed by atoms with Gasteiger partial charge in [0.2, 0.25) is 0 Å². The fourth-order valence-electron chi connectivity index (χ4n) is 3.31. The lowest BCUT2D eigenvalue weighted by molar-refractivity contribution is 0.102. The van der Waals surface area contributed by atoms with Gasteiger partial charge in [0.15, 0.2) is 0 Å². The van der Waals surface area contributed by atoms with Crippen LogP contribution in [-0.2, 0) is 0 Å². The topological polar surface area (TPSA) is 77.6 Å². The normalized spacial score (nSPS) is 10.9. The molecule has 5 aromatic rings. The molecule has 1 amide bonds. The average molecular weight is 380 g/mol. The Morgan fingerprint density at radius 1 is 0.862 bits per heavy atom. The second-order valence-electron chi connectivity index (χ2n) is 6.55. The molecule has 0 fully saturated rings. The smallest absolute Gasteiger partial charge is 0.255 e. The van der Waals surface area contributed by atoms with Crippen molar-refractivity contribution < 1.29 is 4.79 Å². The van der Waals surface area contributed by atoms with Crippen LogP contribution in [0.3, 0.4) is 0 Å². The van der Waals surface area contributed by atoms with E-state index in [1.165, 1.54) is 11.0 Å². The maximum absolute atomic E-state index is 12.8. The Balaban J connectivity index is 1.43. The molecule has 0 aliphatic rings. The second kappa shape index (κ2) is 7.05. The first-order valence-corrected chi connectivity index (χ1v) is 9.09. The summed E-state index contributed by atoms with van der Waals surface area (Å²) in [6.07, 6.45) is 3.52. The van der Waals surface area contributed by atoms with E-state index in [1.54, 1.807) is 6.07 Å². The largest absolute Gasteiger partial charge is 0.322 e. The molecule has 0 saturated carbocycles. The van der Waals surface area contributed by atoms with Gasteiger partial charge in [-0.2, -0.15) is 0 Å². The van der Waals surface area contributed by atoms with E-state index in [0.717, 1.165) is 22.3 Å². The van der Waals surface area contributed by atoms with Crippen molar-refractivity contribution in [3.63, 3.8) is 0 Å². The van der Waals surface area contributed by atoms with Gasteiger partial charge in [-0.25, -0.2) is 4.68 Å². The van der Waals surface area contributed by atoms with Crippen molar-refractivity contribution >= 4 is 22.5 Å². The summed E-state index contributed by atoms with van der Waals surface area (Å²) in [4.78, 5) is 12.8. The zero-order valence-corrected chi connectivity index (χ0v) is 15.3. The highest BCUT2D eigenvalue weighted by Crippen LogP contribution is 2.21. The number of hydrogen-bond donors (Lipinski definition) is 1. The van der Waals surface area contributed by atoms with E-state index in [0.29, 0.717) is 11.3 Å². The van der Waals surface area contributed by atoms with Crippen LogP contribution in [0.15, 0.2) is 91.4 Å². The fraction of sp³-hybridized carbons (Fsp3) is 0. The van der Waals surface area contributed by atoms with E-state index in [1.807, 2.05) is 60.8 Å². The maximum atomic E-state index is 12.8. The number of anilines is 1. The first-order chi connectivity index (χ1) is 14.3. The van der Waals surface area contributed by atoms with Crippen LogP contribution in [0.2, 0.25) is 0 Å². The van der Waals surface area contributed by atoms with Gasteiger partial charge < -0.3 is 9.88 Å². The molecule has 0 spiro atoms. The third-order valence-corrected chi connectivity index (χ3v) is 4.70. The van der Waals surface area contributed by atoms with E-state index >= 15 is 0 Å². The highest BCUT2D eigenvalue weighted by atomic mass is 16.1. The summed E-state index contributed by atoms with van der Waals surface area (Å²) >= 11 is 0. The molecule has 2 aromatic heterocycles. The Kier molecular flexibility index (Phi) is 4.10. The van der Waals surface area contributed by atoms with Crippen molar-refractivity contribution in [1.82, 2.24) is 24.8 Å². The molecule has 29 heavy (non-hydrogen) atoms. The molecule has 140 valence electrons. The summed E-state index contributed by atoms with van der Waals surface area (Å²) in [6.45, 7) is 0. The predicted molar refractivity (Wildman–Crippen MR) is 110 cm³/mol. The van der Waals surface area contributed by atoms with Gasteiger partial charge in [-0.05, 0) is 64.3 Å². The van der Waals surface area contributed by atoms with Crippen LogP contribution in [-0.4, -0.2) is 30.7 Å². The van der Waals surface area contributed by atoms with Crippen LogP contribution in [0, 0.1) is 0 Å². The summed E-state index contributed by atoms with van der Waals surface area (Å²) in [5.41, 5.74) is 4.04. The van der Waals surface area contributed by atoms with Crippen LogP contribution in [0.5, 0.6) is 0 Å². The molecular weight excluding hydrogens is 364 g/mol. The van der Waals surface area contributed by atoms with E-state index in [9.17, 15) is 4.79 Å². The van der Waals surface area contributed by atoms with E-state index in [4.69, 9.17) is 0 Å². The Hall–Kier alpha value is -4.26. The summed E-state index contributed by atoms with van der Waals surface area (Å²) in [5, 5.41) is 15.2. The van der Waals surface area contributed by atoms with Crippen LogP contribution in [0.4, 0.5) is 5.69 Å². The number of aromatic nitrogens is 5. The van der Waals surface area contributed by atoms with E-state index in [-0.39, 0.29) is 5.91 Å². The van der Waals surface area contributed by atoms with E-state index in [2.05, 4.69) is 43.6 Å². The number of amides is 1. The maximum Gasteiger partial charge on any atom is 0.255 e. The second-order valence-corrected chi connectivity index (χ2v) is 6.55. The van der Waals surface area contributed by atoms with Crippen LogP contribution in [0.1, 0.15) is 10.4 Å². The summed E-state index contributed by atoms with van der Waals surface area (Å²) in [5.74, 6) is -0.183. The summed E-state index contributed by atoms with van der Waals surface area (Å²) < 4.78 is 3.61. The molecular formula is C22H16N6O. The number of hydrogen-bond acceptors (Lipinski definition) is 4. The van der Waals surface area contributed by atoms with Crippen LogP contribution >= 0.6 is 0 Å². The quantitative estimate of drug-likeness (QED) is 0.514. The van der Waals surface area contributed by atoms with Crippen LogP contribution in [0.25, 0.3) is 22.3 Å². The Morgan fingerprint density at radius 2 is 1.72 bits per heavy atom. The predicted octanol–water partition coefficient (Wildman–Crippen LogP) is 3.86. The van der Waals surface area contributed by atoms with Gasteiger partial charge in [0.1, 0.15) is 6.33 Å². The molecule has 0 saturated heterocycles. The van der Waals surface area contributed by atoms with Crippen molar-refractivity contribution in [2.75, 3.05) is 5.32 Å². The van der Waals surface area contributed by atoms with Gasteiger partial charge in [-0.15, -0.1) is 5.10 Å². The number of tetrazole rings is 1. The van der Waals surface area contributed by atoms with Gasteiger partial charge in [0, 0.05) is 23.1 Å². The highest BCUT2D eigenvalue weighted by molar-refractivity contribution is 6.04. The minimum atomic E-state index is -0.183. The van der Waals surface area contributed by atoms with Crippen molar-refractivity contribution in [2.45, 2.75) is 0 Å². The standard InChI is InChI=1S/C22H16N6O/c29-22(24-18-7-4-9-20(14-18)28-15-23-25-26-28)17-6-3-8-19(13-17)27-12-11-16-5-1-2-10-21(16)27/h1-15H,(H,24,29). The monoisotopic (exact) mass is 380 g/mol. The molecule has 7 heteroatoms. The summed E-state index contributed by atoms with van der Waals surface area (Å²) in [6, 6.07) is 25.1. The fourth-order valence-corrected chi connectivity index (χ4v) is 3.31. The first kappa shape index (κ1) is 16.9. The summed E-state index contributed by atoms with van der Waals surface area (Å²) in [7, 11) is 0. The molecule has 1 N–H and O–H groups in total. The van der Waals surface area contributed by atoms with Gasteiger partial charge in [-0.1, -0.05) is 30.3 Å². The molecule has 0 radical (unpaired) electrons. The van der Waals surface area contributed by atoms with Crippen molar-refractivity contribution in [1.29, 1.82) is 0 Å². The van der Waals surface area contributed by atoms with Gasteiger partial charge in [0.25, 0.3) is 5.91 Å². The van der Waals surface area contributed by atoms with Gasteiger partial charge in [0.05, 0.1) is 11.2 Å². The molecule has 2 heterocycles. The third-order valence-electron chi connectivity index (χ3n) is 4.70. The molecule has 3 aromatic carbocycles. The Labute approximate surface area is 166 Å². The minimum Gasteiger partial charge on any atom is -0.322 e. The molecule has 0 aliphatic heterocycles. The van der Waals surface area contributed by atoms with Gasteiger partial charge in [-0.3, -0.25) is 4.79 Å². The molecule has 0 unspecified atom stereocenters. The molecule has 0 atom stereocenters. The SMILES string of the molecule is O=C(Nc1cccc(-n2cnnn2)c1)c1cccc(-n2ccc3ccccc32)c1. The first-order valence-electron chi connectivity index (χ1n) is 9.09. The Morgan fingerprint density at radius 3 is 2.62 bits per heavy atom. The zero-order valence-electron chi connectivity index (χ0n) is 15.3. The van der Waals surface area contributed by atoms with Gasteiger partial charge >= 0.3 is 0 Å². The number of nitrogens with one attached hydrogen (secondary N) is 1. The highest BCUT2D eigenvalue weighted by Gasteiger charge is 2.10. The molecule has 0 bridgehead atoms. The number of rotatable bonds is 4. The number of carbonyl (C=O) groups is 1. The lowest BCUT2D eigenvalue weighted by Crippen LogP contribution is -2.12. The third kappa shape index (κ3) is 3.25. The molecule has 0 aliphatic carbocycles. The average Bonchev–Trinajstić information content (AvgIpc) is 3.44. The van der Waals surface area contributed by atoms with Crippen molar-refractivity contribution in [2.24, 2.45) is 0 Å². The number of benzene rings is 3. The van der Waals surface area contributed by atoms with Crippen LogP contribution < -0.4 is 5.32 Å². The van der Waals surface area contributed by atoms with E-state index < -0.39 is 0 Å². The molecule has 7 nitrogen and oxygen atoms in total. The number of nitrogens with zero attached hydrogens (tertiary/aromatic N) is 5. The molecule has 5 rings (SSSR count). The van der Waals surface area contributed by atoms with Crippen molar-refractivity contribution in [3.05, 3.63) is 97.0 Å². The Bertz CT molecular complexity index is 1310. The lowest BCUT2D eigenvalue weighted by Gasteiger charge is -2.10. The number of carbonyl (C=O) groups excluding carboxylic acids is 1. The minimum absolute atomic E-state index is 0.183. The number of fused-ring (bicyclic) bond motifs is 1. The lowest BCUT2D eigenvalue weighted by atomic mass is 10.1. The number of para-hydroxylation sites is 1. The van der Waals surface area contributed by atoms with Crippen molar-refractivity contribution in [3.8, 4) is 11.4 Å².